The average Bonchev–Trinajstić information content (AvgIpc) is 3.21. The van der Waals surface area contributed by atoms with Gasteiger partial charge >= 0.3 is 5.97 Å². The summed E-state index contributed by atoms with van der Waals surface area (Å²) in [6.45, 7) is 0. The molecule has 1 fully saturated rings. The minimum absolute atomic E-state index is 0.0315. The smallest absolute Gasteiger partial charge is 0.305 e. The third-order valence-corrected chi connectivity index (χ3v) is 3.50. The Balaban J connectivity index is 1.90. The van der Waals surface area contributed by atoms with E-state index in [9.17, 15) is 4.79 Å². The predicted octanol–water partition coefficient (Wildman–Crippen LogP) is 2.39. The van der Waals surface area contributed by atoms with Crippen LogP contribution in [0.2, 0.25) is 0 Å². The third-order valence-electron chi connectivity index (χ3n) is 3.50. The first-order valence-electron chi connectivity index (χ1n) is 6.61. The summed E-state index contributed by atoms with van der Waals surface area (Å²) in [7, 11) is 1.41. The lowest BCUT2D eigenvalue weighted by molar-refractivity contribution is -0.140. The van der Waals surface area contributed by atoms with E-state index in [-0.39, 0.29) is 12.0 Å². The van der Waals surface area contributed by atoms with Gasteiger partial charge in [-0.05, 0) is 42.7 Å². The molecule has 0 amide bonds. The SMILES string of the molecule is COC(=O)CCC(N)Cc1ccccc1C1CC1. The lowest BCUT2D eigenvalue weighted by Crippen LogP contribution is -2.24. The second-order valence-corrected chi connectivity index (χ2v) is 5.05. The van der Waals surface area contributed by atoms with E-state index in [2.05, 4.69) is 29.0 Å². The standard InChI is InChI=1S/C15H21NO2/c1-18-15(17)9-8-13(16)10-12-4-2-3-5-14(12)11-6-7-11/h2-5,11,13H,6-10,16H2,1H3. The summed E-state index contributed by atoms with van der Waals surface area (Å²) in [6.07, 6.45) is 4.54. The first kappa shape index (κ1) is 13.1. The van der Waals surface area contributed by atoms with Gasteiger partial charge in [0.1, 0.15) is 0 Å². The number of carbonyl (C=O) groups is 1. The molecule has 18 heavy (non-hydrogen) atoms. The van der Waals surface area contributed by atoms with E-state index in [1.54, 1.807) is 0 Å². The molecule has 0 bridgehead atoms. The number of carbonyl (C=O) groups excluding carboxylic acids is 1. The van der Waals surface area contributed by atoms with Crippen molar-refractivity contribution >= 4 is 5.97 Å². The Morgan fingerprint density at radius 1 is 1.44 bits per heavy atom. The summed E-state index contributed by atoms with van der Waals surface area (Å²) < 4.78 is 4.63. The summed E-state index contributed by atoms with van der Waals surface area (Å²) in [5.74, 6) is 0.565. The number of nitrogens with two attached hydrogens (primary N) is 1. The molecular weight excluding hydrogens is 226 g/mol. The first-order chi connectivity index (χ1) is 8.70. The summed E-state index contributed by atoms with van der Waals surface area (Å²) >= 11 is 0. The van der Waals surface area contributed by atoms with Crippen LogP contribution in [0.1, 0.15) is 42.7 Å². The van der Waals surface area contributed by atoms with Gasteiger partial charge in [-0.15, -0.1) is 0 Å². The van der Waals surface area contributed by atoms with Crippen molar-refractivity contribution in [3.8, 4) is 0 Å². The van der Waals surface area contributed by atoms with Crippen LogP contribution >= 0.6 is 0 Å². The van der Waals surface area contributed by atoms with Gasteiger partial charge in [-0.1, -0.05) is 24.3 Å². The number of hydrogen-bond donors (Lipinski definition) is 1. The van der Waals surface area contributed by atoms with E-state index >= 15 is 0 Å². The molecule has 2 rings (SSSR count). The lowest BCUT2D eigenvalue weighted by atomic mass is 9.96. The maximum Gasteiger partial charge on any atom is 0.305 e. The zero-order valence-corrected chi connectivity index (χ0v) is 10.9. The van der Waals surface area contributed by atoms with Crippen molar-refractivity contribution in [3.63, 3.8) is 0 Å². The van der Waals surface area contributed by atoms with Crippen LogP contribution in [-0.2, 0) is 16.0 Å². The fraction of sp³-hybridized carbons (Fsp3) is 0.533. The molecule has 3 nitrogen and oxygen atoms in total. The number of methoxy groups -OCH3 is 1. The van der Waals surface area contributed by atoms with Crippen LogP contribution in [0.15, 0.2) is 24.3 Å². The Morgan fingerprint density at radius 2 is 2.17 bits per heavy atom. The van der Waals surface area contributed by atoms with Gasteiger partial charge < -0.3 is 10.5 Å². The zero-order chi connectivity index (χ0) is 13.0. The number of esters is 1. The lowest BCUT2D eigenvalue weighted by Gasteiger charge is -2.14. The molecule has 0 saturated heterocycles. The fourth-order valence-electron chi connectivity index (χ4n) is 2.30. The van der Waals surface area contributed by atoms with Gasteiger partial charge in [0, 0.05) is 12.5 Å². The van der Waals surface area contributed by atoms with E-state index < -0.39 is 0 Å². The van der Waals surface area contributed by atoms with Gasteiger partial charge in [0.15, 0.2) is 0 Å². The molecule has 98 valence electrons. The second-order valence-electron chi connectivity index (χ2n) is 5.05. The maximum absolute atomic E-state index is 11.1. The quantitative estimate of drug-likeness (QED) is 0.785. The molecule has 1 aliphatic rings. The number of ether oxygens (including phenoxy) is 1. The van der Waals surface area contributed by atoms with E-state index in [4.69, 9.17) is 5.73 Å². The number of hydrogen-bond acceptors (Lipinski definition) is 3. The summed E-state index contributed by atoms with van der Waals surface area (Å²) in [5, 5.41) is 0. The predicted molar refractivity (Wildman–Crippen MR) is 71.3 cm³/mol. The molecule has 0 heterocycles. The van der Waals surface area contributed by atoms with Gasteiger partial charge in [0.2, 0.25) is 0 Å². The number of rotatable bonds is 6. The van der Waals surface area contributed by atoms with Crippen LogP contribution in [-0.4, -0.2) is 19.1 Å². The van der Waals surface area contributed by atoms with E-state index in [1.807, 2.05) is 0 Å². The molecule has 1 aromatic rings. The van der Waals surface area contributed by atoms with Crippen LogP contribution < -0.4 is 5.73 Å². The molecule has 0 aliphatic heterocycles. The number of benzene rings is 1. The van der Waals surface area contributed by atoms with Crippen molar-refractivity contribution in [2.75, 3.05) is 7.11 Å². The largest absolute Gasteiger partial charge is 0.469 e. The molecule has 1 aliphatic carbocycles. The van der Waals surface area contributed by atoms with Crippen molar-refractivity contribution in [2.24, 2.45) is 5.73 Å². The van der Waals surface area contributed by atoms with Gasteiger partial charge in [-0.3, -0.25) is 4.79 Å². The van der Waals surface area contributed by atoms with E-state index in [0.717, 1.165) is 12.3 Å². The Labute approximate surface area is 108 Å². The molecule has 0 radical (unpaired) electrons. The maximum atomic E-state index is 11.1. The van der Waals surface area contributed by atoms with Crippen LogP contribution in [0.25, 0.3) is 0 Å². The van der Waals surface area contributed by atoms with Crippen LogP contribution in [0, 0.1) is 0 Å². The van der Waals surface area contributed by atoms with Crippen molar-refractivity contribution in [1.29, 1.82) is 0 Å². The highest BCUT2D eigenvalue weighted by Crippen LogP contribution is 2.41. The molecule has 2 N–H and O–H groups in total. The van der Waals surface area contributed by atoms with Crippen molar-refractivity contribution in [1.82, 2.24) is 0 Å². The zero-order valence-electron chi connectivity index (χ0n) is 10.9. The Morgan fingerprint density at radius 3 is 2.83 bits per heavy atom. The minimum Gasteiger partial charge on any atom is -0.469 e. The van der Waals surface area contributed by atoms with Crippen LogP contribution in [0.4, 0.5) is 0 Å². The highest BCUT2D eigenvalue weighted by molar-refractivity contribution is 5.69. The van der Waals surface area contributed by atoms with Crippen LogP contribution in [0.3, 0.4) is 0 Å². The molecule has 1 unspecified atom stereocenters. The molecule has 3 heteroatoms. The van der Waals surface area contributed by atoms with Crippen molar-refractivity contribution < 1.29 is 9.53 Å². The van der Waals surface area contributed by atoms with Gasteiger partial charge in [-0.25, -0.2) is 0 Å². The second kappa shape index (κ2) is 6.01. The topological polar surface area (TPSA) is 52.3 Å². The molecule has 1 aromatic carbocycles. The normalized spacial score (nSPS) is 16.3. The molecule has 1 atom stereocenters. The fourth-order valence-corrected chi connectivity index (χ4v) is 2.30. The van der Waals surface area contributed by atoms with E-state index in [1.165, 1.54) is 31.1 Å². The summed E-state index contributed by atoms with van der Waals surface area (Å²) in [5.41, 5.74) is 8.89. The van der Waals surface area contributed by atoms with Crippen molar-refractivity contribution in [3.05, 3.63) is 35.4 Å². The summed E-state index contributed by atoms with van der Waals surface area (Å²) in [6, 6.07) is 8.56. The van der Waals surface area contributed by atoms with Gasteiger partial charge in [0.05, 0.1) is 7.11 Å². The average molecular weight is 247 g/mol. The monoisotopic (exact) mass is 247 g/mol. The molecular formula is C15H21NO2. The van der Waals surface area contributed by atoms with Gasteiger partial charge in [0.25, 0.3) is 0 Å². The highest BCUT2D eigenvalue weighted by atomic mass is 16.5. The first-order valence-corrected chi connectivity index (χ1v) is 6.61. The van der Waals surface area contributed by atoms with Crippen LogP contribution in [0.5, 0.6) is 0 Å². The minimum atomic E-state index is -0.180. The molecule has 0 spiro atoms. The Kier molecular flexibility index (Phi) is 4.37. The van der Waals surface area contributed by atoms with E-state index in [0.29, 0.717) is 12.8 Å². The van der Waals surface area contributed by atoms with Crippen molar-refractivity contribution in [2.45, 2.75) is 44.1 Å². The molecule has 1 saturated carbocycles. The summed E-state index contributed by atoms with van der Waals surface area (Å²) in [4.78, 5) is 11.1. The van der Waals surface area contributed by atoms with Gasteiger partial charge in [-0.2, -0.15) is 0 Å². The molecule has 0 aromatic heterocycles. The Hall–Kier alpha value is -1.35. The third kappa shape index (κ3) is 3.57. The highest BCUT2D eigenvalue weighted by Gasteiger charge is 2.25. The Bertz CT molecular complexity index is 413.